The van der Waals surface area contributed by atoms with Crippen molar-refractivity contribution in [2.24, 2.45) is 5.92 Å². The topological polar surface area (TPSA) is 29.5 Å². The van der Waals surface area contributed by atoms with Gasteiger partial charge in [0.2, 0.25) is 0 Å². The maximum absolute atomic E-state index is 9.76. The Morgan fingerprint density at radius 3 is 2.44 bits per heavy atom. The van der Waals surface area contributed by atoms with Crippen LogP contribution in [0.15, 0.2) is 6.07 Å². The number of ether oxygens (including phenoxy) is 1. The Balaban J connectivity index is 3.10. The van der Waals surface area contributed by atoms with E-state index < -0.39 is 0 Å². The van der Waals surface area contributed by atoms with Crippen LogP contribution in [0.3, 0.4) is 0 Å². The summed E-state index contributed by atoms with van der Waals surface area (Å²) >= 11 is 0. The largest absolute Gasteiger partial charge is 0.508 e. The molecule has 0 spiro atoms. The Morgan fingerprint density at radius 2 is 1.94 bits per heavy atom. The molecule has 0 atom stereocenters. The van der Waals surface area contributed by atoms with E-state index in [9.17, 15) is 5.11 Å². The molecule has 0 aliphatic heterocycles. The van der Waals surface area contributed by atoms with Crippen LogP contribution in [-0.4, -0.2) is 11.7 Å². The van der Waals surface area contributed by atoms with Gasteiger partial charge in [0.25, 0.3) is 0 Å². The van der Waals surface area contributed by atoms with Gasteiger partial charge in [0, 0.05) is 5.56 Å². The number of phenols is 1. The summed E-state index contributed by atoms with van der Waals surface area (Å²) in [6.07, 6.45) is 0.883. The number of aryl methyl sites for hydroxylation is 1. The van der Waals surface area contributed by atoms with Gasteiger partial charge >= 0.3 is 0 Å². The van der Waals surface area contributed by atoms with Gasteiger partial charge in [-0.05, 0) is 43.4 Å². The zero-order valence-corrected chi connectivity index (χ0v) is 10.9. The lowest BCUT2D eigenvalue weighted by molar-refractivity contribution is 0.266. The number of phenolic OH excluding ortho intramolecular Hbond substituents is 1. The number of hydrogen-bond acceptors (Lipinski definition) is 2. The monoisotopic (exact) mass is 222 g/mol. The maximum Gasteiger partial charge on any atom is 0.125 e. The first-order chi connectivity index (χ1) is 7.47. The van der Waals surface area contributed by atoms with Crippen LogP contribution in [0.1, 0.15) is 37.5 Å². The average molecular weight is 222 g/mol. The fourth-order valence-electron chi connectivity index (χ4n) is 1.82. The molecule has 0 heterocycles. The number of hydrogen-bond donors (Lipinski definition) is 1. The van der Waals surface area contributed by atoms with Crippen molar-refractivity contribution in [1.29, 1.82) is 0 Å². The SMILES string of the molecule is CCc1c(C)c(O)cc(C)c1OCC(C)C. The van der Waals surface area contributed by atoms with Gasteiger partial charge in [-0.3, -0.25) is 0 Å². The van der Waals surface area contributed by atoms with Crippen molar-refractivity contribution in [2.45, 2.75) is 41.0 Å². The van der Waals surface area contributed by atoms with Crippen LogP contribution in [0.4, 0.5) is 0 Å². The number of rotatable bonds is 4. The van der Waals surface area contributed by atoms with Crippen molar-refractivity contribution in [2.75, 3.05) is 6.61 Å². The summed E-state index contributed by atoms with van der Waals surface area (Å²) in [6.45, 7) is 11.0. The molecule has 0 saturated heterocycles. The highest BCUT2D eigenvalue weighted by Crippen LogP contribution is 2.33. The molecule has 0 fully saturated rings. The smallest absolute Gasteiger partial charge is 0.125 e. The molecule has 0 aromatic heterocycles. The van der Waals surface area contributed by atoms with E-state index in [-0.39, 0.29) is 0 Å². The molecule has 1 aromatic carbocycles. The highest BCUT2D eigenvalue weighted by atomic mass is 16.5. The first-order valence-corrected chi connectivity index (χ1v) is 5.92. The summed E-state index contributed by atoms with van der Waals surface area (Å²) in [6, 6.07) is 1.78. The standard InChI is InChI=1S/C14H22O2/c1-6-12-11(5)13(15)7-10(4)14(12)16-8-9(2)3/h7,9,15H,6,8H2,1-5H3. The van der Waals surface area contributed by atoms with Gasteiger partial charge in [-0.2, -0.15) is 0 Å². The Bertz CT molecular complexity index is 367. The maximum atomic E-state index is 9.76. The Labute approximate surface area is 98.3 Å². The molecule has 90 valence electrons. The van der Waals surface area contributed by atoms with E-state index in [1.54, 1.807) is 6.07 Å². The number of aromatic hydroxyl groups is 1. The molecule has 0 unspecified atom stereocenters. The highest BCUT2D eigenvalue weighted by Gasteiger charge is 2.13. The summed E-state index contributed by atoms with van der Waals surface area (Å²) in [5.41, 5.74) is 3.07. The molecule has 2 nitrogen and oxygen atoms in total. The normalized spacial score (nSPS) is 10.9. The molecule has 2 heteroatoms. The molecule has 0 bridgehead atoms. The average Bonchev–Trinajstić information content (AvgIpc) is 2.21. The molecule has 0 aliphatic rings. The summed E-state index contributed by atoms with van der Waals surface area (Å²) in [5.74, 6) is 1.83. The van der Waals surface area contributed by atoms with Crippen LogP contribution in [-0.2, 0) is 6.42 Å². The second-order valence-electron chi connectivity index (χ2n) is 4.70. The molecular weight excluding hydrogens is 200 g/mol. The number of benzene rings is 1. The van der Waals surface area contributed by atoms with Gasteiger partial charge in [0.15, 0.2) is 0 Å². The molecule has 16 heavy (non-hydrogen) atoms. The zero-order chi connectivity index (χ0) is 12.3. The fraction of sp³-hybridized carbons (Fsp3) is 0.571. The van der Waals surface area contributed by atoms with E-state index in [0.717, 1.165) is 35.5 Å². The van der Waals surface area contributed by atoms with Crippen LogP contribution in [0, 0.1) is 19.8 Å². The molecule has 1 aromatic rings. The predicted molar refractivity (Wildman–Crippen MR) is 67.3 cm³/mol. The van der Waals surface area contributed by atoms with Gasteiger partial charge < -0.3 is 9.84 Å². The van der Waals surface area contributed by atoms with Gasteiger partial charge in [0.05, 0.1) is 6.61 Å². The molecule has 1 rings (SSSR count). The van der Waals surface area contributed by atoms with Crippen LogP contribution < -0.4 is 4.74 Å². The third-order valence-corrected chi connectivity index (χ3v) is 2.74. The molecule has 0 amide bonds. The predicted octanol–water partition coefficient (Wildman–Crippen LogP) is 3.61. The van der Waals surface area contributed by atoms with Crippen LogP contribution in [0.5, 0.6) is 11.5 Å². The Hall–Kier alpha value is -1.18. The fourth-order valence-corrected chi connectivity index (χ4v) is 1.82. The first kappa shape index (κ1) is 12.9. The first-order valence-electron chi connectivity index (χ1n) is 5.92. The summed E-state index contributed by atoms with van der Waals surface area (Å²) in [7, 11) is 0. The lowest BCUT2D eigenvalue weighted by Crippen LogP contribution is -2.08. The molecule has 1 N–H and O–H groups in total. The molecular formula is C14H22O2. The van der Waals surface area contributed by atoms with Crippen molar-refractivity contribution >= 4 is 0 Å². The van der Waals surface area contributed by atoms with Crippen LogP contribution in [0.25, 0.3) is 0 Å². The van der Waals surface area contributed by atoms with Crippen molar-refractivity contribution < 1.29 is 9.84 Å². The van der Waals surface area contributed by atoms with Gasteiger partial charge in [-0.15, -0.1) is 0 Å². The molecule has 0 radical (unpaired) electrons. The molecule has 0 aliphatic carbocycles. The minimum Gasteiger partial charge on any atom is -0.508 e. The van der Waals surface area contributed by atoms with Crippen molar-refractivity contribution in [1.82, 2.24) is 0 Å². The van der Waals surface area contributed by atoms with E-state index in [1.165, 1.54) is 0 Å². The third kappa shape index (κ3) is 2.69. The lowest BCUT2D eigenvalue weighted by atomic mass is 10.0. The molecule has 0 saturated carbocycles. The quantitative estimate of drug-likeness (QED) is 0.843. The zero-order valence-electron chi connectivity index (χ0n) is 10.9. The van der Waals surface area contributed by atoms with Crippen molar-refractivity contribution in [3.8, 4) is 11.5 Å². The van der Waals surface area contributed by atoms with Crippen molar-refractivity contribution in [3.05, 3.63) is 22.8 Å². The second-order valence-corrected chi connectivity index (χ2v) is 4.70. The second kappa shape index (κ2) is 5.24. The van der Waals surface area contributed by atoms with Gasteiger partial charge in [0.1, 0.15) is 11.5 Å². The summed E-state index contributed by atoms with van der Waals surface area (Å²) < 4.78 is 5.84. The van der Waals surface area contributed by atoms with Gasteiger partial charge in [-0.25, -0.2) is 0 Å². The lowest BCUT2D eigenvalue weighted by Gasteiger charge is -2.17. The van der Waals surface area contributed by atoms with E-state index in [0.29, 0.717) is 11.7 Å². The summed E-state index contributed by atoms with van der Waals surface area (Å²) in [5, 5.41) is 9.76. The Kier molecular flexibility index (Phi) is 4.22. The van der Waals surface area contributed by atoms with E-state index in [4.69, 9.17) is 4.74 Å². The van der Waals surface area contributed by atoms with Gasteiger partial charge in [-0.1, -0.05) is 20.8 Å². The minimum atomic E-state index is 0.367. The Morgan fingerprint density at radius 1 is 1.31 bits per heavy atom. The summed E-state index contributed by atoms with van der Waals surface area (Å²) in [4.78, 5) is 0. The third-order valence-electron chi connectivity index (χ3n) is 2.74. The van der Waals surface area contributed by atoms with E-state index in [1.807, 2.05) is 13.8 Å². The van der Waals surface area contributed by atoms with E-state index in [2.05, 4.69) is 20.8 Å². The minimum absolute atomic E-state index is 0.367. The van der Waals surface area contributed by atoms with Crippen molar-refractivity contribution in [3.63, 3.8) is 0 Å². The van der Waals surface area contributed by atoms with Crippen LogP contribution >= 0.6 is 0 Å². The van der Waals surface area contributed by atoms with E-state index >= 15 is 0 Å². The van der Waals surface area contributed by atoms with Crippen LogP contribution in [0.2, 0.25) is 0 Å². The highest BCUT2D eigenvalue weighted by molar-refractivity contribution is 5.52.